The van der Waals surface area contributed by atoms with Gasteiger partial charge in [0.15, 0.2) is 0 Å². The summed E-state index contributed by atoms with van der Waals surface area (Å²) in [6.45, 7) is 1.59. The molecule has 2 atom stereocenters. The molecule has 0 bridgehead atoms. The second kappa shape index (κ2) is 7.74. The predicted octanol–water partition coefficient (Wildman–Crippen LogP) is 0.201. The van der Waals surface area contributed by atoms with Crippen molar-refractivity contribution in [1.29, 1.82) is 0 Å². The molecule has 2 heterocycles. The van der Waals surface area contributed by atoms with Crippen LogP contribution >= 0.6 is 0 Å². The second-order valence-corrected chi connectivity index (χ2v) is 6.70. The lowest BCUT2D eigenvalue weighted by Crippen LogP contribution is -2.46. The van der Waals surface area contributed by atoms with Crippen LogP contribution in [0.4, 0.5) is 11.4 Å². The zero-order valence-electron chi connectivity index (χ0n) is 14.4. The van der Waals surface area contributed by atoms with Gasteiger partial charge in [-0.1, -0.05) is 0 Å². The van der Waals surface area contributed by atoms with E-state index < -0.39 is 30.4 Å². The molecule has 8 nitrogen and oxygen atoms in total. The Morgan fingerprint density at radius 2 is 1.77 bits per heavy atom. The van der Waals surface area contributed by atoms with Gasteiger partial charge in [0, 0.05) is 37.4 Å². The lowest BCUT2D eigenvalue weighted by Gasteiger charge is -2.21. The van der Waals surface area contributed by atoms with Crippen LogP contribution < -0.4 is 15.1 Å². The molecule has 0 spiro atoms. The fraction of sp³-hybridized carbons (Fsp3) is 0.500. The van der Waals surface area contributed by atoms with Gasteiger partial charge in [-0.3, -0.25) is 9.59 Å². The lowest BCUT2D eigenvalue weighted by molar-refractivity contribution is -0.143. The van der Waals surface area contributed by atoms with Gasteiger partial charge in [0.1, 0.15) is 6.04 Å². The van der Waals surface area contributed by atoms with Crippen LogP contribution in [-0.2, 0) is 14.4 Å². The van der Waals surface area contributed by atoms with Crippen LogP contribution in [0.2, 0.25) is 0 Å². The summed E-state index contributed by atoms with van der Waals surface area (Å²) in [6, 6.07) is 6.35. The number of aliphatic hydroxyl groups is 1. The van der Waals surface area contributed by atoms with E-state index in [0.29, 0.717) is 0 Å². The molecule has 2 aliphatic rings. The Kier molecular flexibility index (Phi) is 5.41. The molecular weight excluding hydrogens is 338 g/mol. The molecule has 2 fully saturated rings. The SMILES string of the molecule is O=C(NC(CO)C(=O)O)C1CC(=O)N(c2ccc(N3CCCC3)cc2)C1. The molecule has 1 aromatic rings. The quantitative estimate of drug-likeness (QED) is 0.668. The molecule has 3 rings (SSSR count). The second-order valence-electron chi connectivity index (χ2n) is 6.70. The van der Waals surface area contributed by atoms with E-state index in [1.165, 1.54) is 12.8 Å². The molecule has 2 aliphatic heterocycles. The average Bonchev–Trinajstić information content (AvgIpc) is 3.29. The number of aliphatic hydroxyl groups excluding tert-OH is 1. The number of carboxylic acids is 1. The van der Waals surface area contributed by atoms with Crippen LogP contribution in [0, 0.1) is 5.92 Å². The van der Waals surface area contributed by atoms with Gasteiger partial charge in [-0.05, 0) is 37.1 Å². The van der Waals surface area contributed by atoms with Gasteiger partial charge in [0.25, 0.3) is 0 Å². The predicted molar refractivity (Wildman–Crippen MR) is 95.0 cm³/mol. The van der Waals surface area contributed by atoms with Crippen molar-refractivity contribution >= 4 is 29.2 Å². The number of carboxylic acid groups (broad SMARTS) is 1. The minimum Gasteiger partial charge on any atom is -0.480 e. The highest BCUT2D eigenvalue weighted by Crippen LogP contribution is 2.28. The van der Waals surface area contributed by atoms with Crippen molar-refractivity contribution in [2.24, 2.45) is 5.92 Å². The summed E-state index contributed by atoms with van der Waals surface area (Å²) in [7, 11) is 0. The minimum absolute atomic E-state index is 0.0253. The zero-order valence-corrected chi connectivity index (χ0v) is 14.4. The summed E-state index contributed by atoms with van der Waals surface area (Å²) in [5.41, 5.74) is 1.85. The van der Waals surface area contributed by atoms with Crippen molar-refractivity contribution in [2.45, 2.75) is 25.3 Å². The Bertz CT molecular complexity index is 685. The Balaban J connectivity index is 1.64. The van der Waals surface area contributed by atoms with E-state index in [2.05, 4.69) is 10.2 Å². The van der Waals surface area contributed by atoms with Crippen molar-refractivity contribution in [1.82, 2.24) is 5.32 Å². The molecule has 2 amide bonds. The van der Waals surface area contributed by atoms with Crippen LogP contribution in [0.15, 0.2) is 24.3 Å². The van der Waals surface area contributed by atoms with E-state index in [9.17, 15) is 14.4 Å². The van der Waals surface area contributed by atoms with E-state index >= 15 is 0 Å². The largest absolute Gasteiger partial charge is 0.480 e. The first kappa shape index (κ1) is 18.2. The van der Waals surface area contributed by atoms with Gasteiger partial charge in [0.05, 0.1) is 12.5 Å². The number of nitrogens with one attached hydrogen (secondary N) is 1. The molecule has 26 heavy (non-hydrogen) atoms. The summed E-state index contributed by atoms with van der Waals surface area (Å²) >= 11 is 0. The highest BCUT2D eigenvalue weighted by atomic mass is 16.4. The van der Waals surface area contributed by atoms with E-state index in [4.69, 9.17) is 10.2 Å². The van der Waals surface area contributed by atoms with Crippen molar-refractivity contribution in [2.75, 3.05) is 36.0 Å². The third-order valence-corrected chi connectivity index (χ3v) is 4.93. The first-order valence-electron chi connectivity index (χ1n) is 8.79. The molecule has 0 aliphatic carbocycles. The van der Waals surface area contributed by atoms with Gasteiger partial charge < -0.3 is 25.3 Å². The fourth-order valence-electron chi connectivity index (χ4n) is 3.43. The van der Waals surface area contributed by atoms with E-state index in [1.54, 1.807) is 4.90 Å². The summed E-state index contributed by atoms with van der Waals surface area (Å²) < 4.78 is 0. The number of nitrogens with zero attached hydrogens (tertiary/aromatic N) is 2. The van der Waals surface area contributed by atoms with Crippen LogP contribution in [0.5, 0.6) is 0 Å². The molecule has 0 aromatic heterocycles. The number of anilines is 2. The highest BCUT2D eigenvalue weighted by Gasteiger charge is 2.36. The average molecular weight is 361 g/mol. The van der Waals surface area contributed by atoms with Crippen LogP contribution in [0.25, 0.3) is 0 Å². The smallest absolute Gasteiger partial charge is 0.328 e. The van der Waals surface area contributed by atoms with Gasteiger partial charge in [0.2, 0.25) is 11.8 Å². The number of hydrogen-bond donors (Lipinski definition) is 3. The van der Waals surface area contributed by atoms with E-state index in [1.807, 2.05) is 24.3 Å². The first-order valence-corrected chi connectivity index (χ1v) is 8.79. The maximum Gasteiger partial charge on any atom is 0.328 e. The van der Waals surface area contributed by atoms with Crippen LogP contribution in [0.1, 0.15) is 19.3 Å². The topological polar surface area (TPSA) is 110 Å². The normalized spacial score (nSPS) is 21.1. The zero-order chi connectivity index (χ0) is 18.7. The first-order chi connectivity index (χ1) is 12.5. The Labute approximate surface area is 151 Å². The third-order valence-electron chi connectivity index (χ3n) is 4.93. The van der Waals surface area contributed by atoms with Gasteiger partial charge >= 0.3 is 5.97 Å². The number of benzene rings is 1. The molecule has 0 saturated carbocycles. The highest BCUT2D eigenvalue weighted by molar-refractivity contribution is 6.00. The Morgan fingerprint density at radius 3 is 2.35 bits per heavy atom. The summed E-state index contributed by atoms with van der Waals surface area (Å²) in [5, 5.41) is 20.2. The van der Waals surface area contributed by atoms with Crippen LogP contribution in [0.3, 0.4) is 0 Å². The lowest BCUT2D eigenvalue weighted by atomic mass is 10.1. The van der Waals surface area contributed by atoms with E-state index in [0.717, 1.165) is 24.5 Å². The molecule has 2 unspecified atom stereocenters. The van der Waals surface area contributed by atoms with Crippen molar-refractivity contribution in [3.63, 3.8) is 0 Å². The van der Waals surface area contributed by atoms with E-state index in [-0.39, 0.29) is 18.9 Å². The monoisotopic (exact) mass is 361 g/mol. The number of hydrogen-bond acceptors (Lipinski definition) is 5. The maximum absolute atomic E-state index is 12.3. The van der Waals surface area contributed by atoms with Crippen LogP contribution in [-0.4, -0.2) is 60.3 Å². The number of rotatable bonds is 6. The Morgan fingerprint density at radius 1 is 1.15 bits per heavy atom. The standard InChI is InChI=1S/C18H23N3O5/c22-11-15(18(25)26)19-17(24)12-9-16(23)21(10-12)14-5-3-13(4-6-14)20-7-1-2-8-20/h3-6,12,15,22H,1-2,7-11H2,(H,19,24)(H,25,26). The molecule has 2 saturated heterocycles. The van der Waals surface area contributed by atoms with Gasteiger partial charge in [-0.15, -0.1) is 0 Å². The summed E-state index contributed by atoms with van der Waals surface area (Å²) in [5.74, 6) is -2.64. The molecule has 0 radical (unpaired) electrons. The van der Waals surface area contributed by atoms with Crippen molar-refractivity contribution in [3.05, 3.63) is 24.3 Å². The molecule has 1 aromatic carbocycles. The number of amides is 2. The summed E-state index contributed by atoms with van der Waals surface area (Å²) in [6.07, 6.45) is 2.40. The maximum atomic E-state index is 12.3. The molecule has 8 heteroatoms. The van der Waals surface area contributed by atoms with Crippen molar-refractivity contribution in [3.8, 4) is 0 Å². The number of carbonyl (C=O) groups excluding carboxylic acids is 2. The summed E-state index contributed by atoms with van der Waals surface area (Å²) in [4.78, 5) is 39.3. The molecular formula is C18H23N3O5. The Hall–Kier alpha value is -2.61. The third kappa shape index (κ3) is 3.80. The fourth-order valence-corrected chi connectivity index (χ4v) is 3.43. The molecule has 140 valence electrons. The van der Waals surface area contributed by atoms with Crippen molar-refractivity contribution < 1.29 is 24.6 Å². The van der Waals surface area contributed by atoms with Gasteiger partial charge in [-0.2, -0.15) is 0 Å². The molecule has 3 N–H and O–H groups in total. The van der Waals surface area contributed by atoms with Gasteiger partial charge in [-0.25, -0.2) is 4.79 Å². The number of carbonyl (C=O) groups is 3. The number of aliphatic carboxylic acids is 1. The minimum atomic E-state index is -1.36.